The summed E-state index contributed by atoms with van der Waals surface area (Å²) in [5.74, 6) is 0.0810. The molecule has 3 heteroatoms. The molecule has 0 bridgehead atoms. The number of carbonyl (C=O) groups is 1. The second-order valence-electron chi connectivity index (χ2n) is 5.08. The topological polar surface area (TPSA) is 20.3 Å². The third kappa shape index (κ3) is 4.08. The average molecular weight is 313 g/mol. The quantitative estimate of drug-likeness (QED) is 0.526. The summed E-state index contributed by atoms with van der Waals surface area (Å²) in [6.45, 7) is 8.42. The first-order valence-corrected chi connectivity index (χ1v) is 8.65. The lowest BCUT2D eigenvalue weighted by Crippen LogP contribution is -2.21. The molecule has 2 aromatic rings. The van der Waals surface area contributed by atoms with E-state index in [9.17, 15) is 4.79 Å². The lowest BCUT2D eigenvalue weighted by atomic mass is 10.1. The number of benzene rings is 1. The molecule has 0 saturated heterocycles. The smallest absolute Gasteiger partial charge is 0.195 e. The molecule has 116 valence electrons. The summed E-state index contributed by atoms with van der Waals surface area (Å²) >= 11 is 1.58. The second kappa shape index (κ2) is 7.95. The molecule has 22 heavy (non-hydrogen) atoms. The predicted molar refractivity (Wildman–Crippen MR) is 97.1 cm³/mol. The highest BCUT2D eigenvalue weighted by molar-refractivity contribution is 7.14. The predicted octanol–water partition coefficient (Wildman–Crippen LogP) is 5.05. The molecule has 0 radical (unpaired) electrons. The fraction of sp³-hybridized carbons (Fsp3) is 0.316. The molecule has 0 atom stereocenters. The molecule has 1 heterocycles. The second-order valence-corrected chi connectivity index (χ2v) is 6.25. The molecule has 0 amide bonds. The molecule has 2 nitrogen and oxygen atoms in total. The van der Waals surface area contributed by atoms with Gasteiger partial charge in [-0.2, -0.15) is 0 Å². The number of ketones is 1. The van der Waals surface area contributed by atoms with Gasteiger partial charge in [0.15, 0.2) is 5.78 Å². The number of carbonyl (C=O) groups excluding carboxylic acids is 1. The first-order chi connectivity index (χ1) is 10.7. The van der Waals surface area contributed by atoms with Crippen LogP contribution in [0.25, 0.3) is 6.08 Å². The molecule has 0 unspecified atom stereocenters. The highest BCUT2D eigenvalue weighted by Gasteiger charge is 2.05. The van der Waals surface area contributed by atoms with Crippen LogP contribution in [0.5, 0.6) is 0 Å². The van der Waals surface area contributed by atoms with Gasteiger partial charge in [-0.05, 0) is 56.2 Å². The molecular formula is C19H23NOS. The van der Waals surface area contributed by atoms with Crippen molar-refractivity contribution in [2.24, 2.45) is 0 Å². The molecule has 2 rings (SSSR count). The number of hydrogen-bond donors (Lipinski definition) is 0. The van der Waals surface area contributed by atoms with Gasteiger partial charge in [0.2, 0.25) is 0 Å². The van der Waals surface area contributed by atoms with Gasteiger partial charge in [-0.25, -0.2) is 0 Å². The third-order valence-electron chi connectivity index (χ3n) is 3.70. The van der Waals surface area contributed by atoms with Gasteiger partial charge in [0.25, 0.3) is 0 Å². The highest BCUT2D eigenvalue weighted by atomic mass is 32.1. The number of thiophene rings is 1. The number of nitrogens with zero attached hydrogens (tertiary/aromatic N) is 1. The van der Waals surface area contributed by atoms with E-state index >= 15 is 0 Å². The van der Waals surface area contributed by atoms with E-state index in [0.717, 1.165) is 30.0 Å². The van der Waals surface area contributed by atoms with Crippen molar-refractivity contribution in [3.05, 3.63) is 57.8 Å². The Morgan fingerprint density at radius 3 is 2.27 bits per heavy atom. The van der Waals surface area contributed by atoms with Crippen LogP contribution >= 0.6 is 11.3 Å². The van der Waals surface area contributed by atoms with E-state index in [1.165, 1.54) is 10.6 Å². The largest absolute Gasteiger partial charge is 0.372 e. The van der Waals surface area contributed by atoms with Crippen molar-refractivity contribution >= 4 is 28.9 Å². The normalized spacial score (nSPS) is 11.0. The summed E-state index contributed by atoms with van der Waals surface area (Å²) in [6, 6.07) is 12.3. The number of anilines is 1. The van der Waals surface area contributed by atoms with Gasteiger partial charge >= 0.3 is 0 Å². The van der Waals surface area contributed by atoms with Crippen LogP contribution in [-0.4, -0.2) is 18.9 Å². The van der Waals surface area contributed by atoms with Gasteiger partial charge in [0, 0.05) is 23.7 Å². The average Bonchev–Trinajstić information content (AvgIpc) is 3.04. The minimum Gasteiger partial charge on any atom is -0.372 e. The van der Waals surface area contributed by atoms with Gasteiger partial charge in [0.05, 0.1) is 4.88 Å². The van der Waals surface area contributed by atoms with Crippen LogP contribution in [0.15, 0.2) is 42.5 Å². The minimum absolute atomic E-state index is 0.0810. The summed E-state index contributed by atoms with van der Waals surface area (Å²) in [5.41, 5.74) is 2.27. The first kappa shape index (κ1) is 16.5. The molecule has 0 N–H and O–H groups in total. The van der Waals surface area contributed by atoms with Crippen molar-refractivity contribution in [1.29, 1.82) is 0 Å². The van der Waals surface area contributed by atoms with Crippen molar-refractivity contribution < 1.29 is 4.79 Å². The fourth-order valence-electron chi connectivity index (χ4n) is 2.34. The number of rotatable bonds is 7. The van der Waals surface area contributed by atoms with E-state index in [-0.39, 0.29) is 5.78 Å². The Morgan fingerprint density at radius 1 is 1.05 bits per heavy atom. The van der Waals surface area contributed by atoms with Crippen LogP contribution in [0.4, 0.5) is 5.69 Å². The molecule has 0 saturated carbocycles. The van der Waals surface area contributed by atoms with Crippen LogP contribution in [0.2, 0.25) is 0 Å². The number of hydrogen-bond acceptors (Lipinski definition) is 3. The molecule has 1 aromatic carbocycles. The Kier molecular flexibility index (Phi) is 5.96. The Bertz CT molecular complexity index is 636. The molecule has 1 aromatic heterocycles. The van der Waals surface area contributed by atoms with Crippen molar-refractivity contribution in [2.75, 3.05) is 18.0 Å². The zero-order chi connectivity index (χ0) is 15.9. The van der Waals surface area contributed by atoms with E-state index in [1.54, 1.807) is 17.4 Å². The van der Waals surface area contributed by atoms with Gasteiger partial charge in [0.1, 0.15) is 0 Å². The van der Waals surface area contributed by atoms with Gasteiger partial charge in [-0.1, -0.05) is 25.1 Å². The first-order valence-electron chi connectivity index (χ1n) is 7.84. The van der Waals surface area contributed by atoms with Crippen LogP contribution in [0.3, 0.4) is 0 Å². The standard InChI is InChI=1S/C19H23NOS/c1-4-17-12-14-19(22-17)18(21)13-9-15-7-10-16(11-8-15)20(5-2)6-3/h7-14H,4-6H2,1-3H3/b13-9+. The van der Waals surface area contributed by atoms with Gasteiger partial charge in [-0.3, -0.25) is 4.79 Å². The summed E-state index contributed by atoms with van der Waals surface area (Å²) in [5, 5.41) is 0. The van der Waals surface area contributed by atoms with E-state index in [1.807, 2.05) is 18.2 Å². The zero-order valence-corrected chi connectivity index (χ0v) is 14.3. The van der Waals surface area contributed by atoms with E-state index in [2.05, 4.69) is 49.9 Å². The lowest BCUT2D eigenvalue weighted by Gasteiger charge is -2.20. The van der Waals surface area contributed by atoms with E-state index in [0.29, 0.717) is 0 Å². The van der Waals surface area contributed by atoms with Gasteiger partial charge < -0.3 is 4.90 Å². The van der Waals surface area contributed by atoms with Crippen molar-refractivity contribution in [3.63, 3.8) is 0 Å². The maximum Gasteiger partial charge on any atom is 0.195 e. The Morgan fingerprint density at radius 2 is 1.73 bits per heavy atom. The lowest BCUT2D eigenvalue weighted by molar-refractivity contribution is 0.105. The summed E-state index contributed by atoms with van der Waals surface area (Å²) in [4.78, 5) is 16.5. The summed E-state index contributed by atoms with van der Waals surface area (Å²) < 4.78 is 0. The Balaban J connectivity index is 2.05. The number of aryl methyl sites for hydroxylation is 1. The highest BCUT2D eigenvalue weighted by Crippen LogP contribution is 2.19. The molecule has 0 aliphatic heterocycles. The molecule has 0 aliphatic rings. The maximum absolute atomic E-state index is 12.1. The van der Waals surface area contributed by atoms with Crippen molar-refractivity contribution in [1.82, 2.24) is 0 Å². The van der Waals surface area contributed by atoms with Crippen LogP contribution < -0.4 is 4.90 Å². The number of allylic oxidation sites excluding steroid dienone is 1. The van der Waals surface area contributed by atoms with Gasteiger partial charge in [-0.15, -0.1) is 11.3 Å². The fourth-order valence-corrected chi connectivity index (χ4v) is 3.21. The van der Waals surface area contributed by atoms with Crippen molar-refractivity contribution in [2.45, 2.75) is 27.2 Å². The van der Waals surface area contributed by atoms with E-state index < -0.39 is 0 Å². The van der Waals surface area contributed by atoms with Crippen LogP contribution in [0, 0.1) is 0 Å². The Labute approximate surface area is 137 Å². The summed E-state index contributed by atoms with van der Waals surface area (Å²) in [7, 11) is 0. The Hall–Kier alpha value is -1.87. The molecule has 0 spiro atoms. The molecule has 0 fully saturated rings. The summed E-state index contributed by atoms with van der Waals surface area (Å²) in [6.07, 6.45) is 4.53. The maximum atomic E-state index is 12.1. The van der Waals surface area contributed by atoms with E-state index in [4.69, 9.17) is 0 Å². The monoisotopic (exact) mass is 313 g/mol. The SMILES string of the molecule is CCc1ccc(C(=O)/C=C/c2ccc(N(CC)CC)cc2)s1. The molecule has 0 aliphatic carbocycles. The van der Waals surface area contributed by atoms with Crippen LogP contribution in [0.1, 0.15) is 40.9 Å². The zero-order valence-electron chi connectivity index (χ0n) is 13.5. The van der Waals surface area contributed by atoms with Crippen molar-refractivity contribution in [3.8, 4) is 0 Å². The molecular weight excluding hydrogens is 290 g/mol. The van der Waals surface area contributed by atoms with Crippen LogP contribution in [-0.2, 0) is 6.42 Å². The minimum atomic E-state index is 0.0810. The third-order valence-corrected chi connectivity index (χ3v) is 4.95.